The maximum absolute atomic E-state index is 13.0. The van der Waals surface area contributed by atoms with Gasteiger partial charge in [-0.25, -0.2) is 4.99 Å². The minimum atomic E-state index is -4.90. The van der Waals surface area contributed by atoms with E-state index in [1.807, 2.05) is 0 Å². The summed E-state index contributed by atoms with van der Waals surface area (Å²) in [5, 5.41) is 10.3. The van der Waals surface area contributed by atoms with Gasteiger partial charge < -0.3 is 10.8 Å². The molecule has 0 aromatic rings. The number of alkyl halides is 3. The van der Waals surface area contributed by atoms with Gasteiger partial charge in [0.1, 0.15) is 4.75 Å². The van der Waals surface area contributed by atoms with E-state index in [1.165, 1.54) is 0 Å². The second-order valence-corrected chi connectivity index (χ2v) is 7.42. The van der Waals surface area contributed by atoms with Gasteiger partial charge in [0.2, 0.25) is 0 Å². The molecule has 2 rings (SSSR count). The van der Waals surface area contributed by atoms with Crippen molar-refractivity contribution < 1.29 is 23.1 Å². The molecule has 4 unspecified atom stereocenters. The van der Waals surface area contributed by atoms with Crippen molar-refractivity contribution in [2.24, 2.45) is 22.6 Å². The molecule has 0 spiro atoms. The Morgan fingerprint density at radius 1 is 1.48 bits per heavy atom. The Labute approximate surface area is 125 Å². The highest BCUT2D eigenvalue weighted by Crippen LogP contribution is 2.53. The Kier molecular flexibility index (Phi) is 4.18. The van der Waals surface area contributed by atoms with Crippen molar-refractivity contribution in [3.05, 3.63) is 0 Å². The fourth-order valence-electron chi connectivity index (χ4n) is 2.67. The van der Waals surface area contributed by atoms with Gasteiger partial charge in [0.25, 0.3) is 5.91 Å². The lowest BCUT2D eigenvalue weighted by atomic mass is 9.72. The average Bonchev–Trinajstić information content (AvgIpc) is 2.60. The highest BCUT2D eigenvalue weighted by molar-refractivity contribution is 8.16. The number of aliphatic hydroxyl groups is 1. The topological polar surface area (TPSA) is 75.7 Å². The first-order valence-electron chi connectivity index (χ1n) is 6.86. The van der Waals surface area contributed by atoms with Gasteiger partial charge in [-0.3, -0.25) is 4.79 Å². The van der Waals surface area contributed by atoms with E-state index in [9.17, 15) is 23.1 Å². The highest BCUT2D eigenvalue weighted by atomic mass is 32.2. The summed E-state index contributed by atoms with van der Waals surface area (Å²) in [5.74, 6) is -0.649. The van der Waals surface area contributed by atoms with Crippen molar-refractivity contribution in [1.82, 2.24) is 0 Å². The quantitative estimate of drug-likeness (QED) is 0.830. The third-order valence-corrected chi connectivity index (χ3v) is 6.27. The average molecular weight is 324 g/mol. The number of amides is 1. The summed E-state index contributed by atoms with van der Waals surface area (Å²) < 4.78 is 37.1. The number of hydrogen-bond acceptors (Lipinski definition) is 4. The number of carbonyl (C=O) groups is 1. The number of aliphatic imine (C=N–C) groups is 1. The highest BCUT2D eigenvalue weighted by Gasteiger charge is 2.67. The van der Waals surface area contributed by atoms with Crippen molar-refractivity contribution in [2.45, 2.75) is 49.6 Å². The number of rotatable bonds is 4. The summed E-state index contributed by atoms with van der Waals surface area (Å²) in [4.78, 5) is 15.8. The lowest BCUT2D eigenvalue weighted by molar-refractivity contribution is -0.260. The molecule has 1 aliphatic heterocycles. The van der Waals surface area contributed by atoms with Gasteiger partial charge in [0, 0.05) is 5.92 Å². The van der Waals surface area contributed by atoms with Crippen LogP contribution in [-0.4, -0.2) is 39.1 Å². The van der Waals surface area contributed by atoms with Crippen LogP contribution in [0.15, 0.2) is 4.99 Å². The van der Waals surface area contributed by atoms with Crippen LogP contribution in [0.2, 0.25) is 0 Å². The summed E-state index contributed by atoms with van der Waals surface area (Å²) in [6.45, 7) is 2.25. The van der Waals surface area contributed by atoms with Crippen LogP contribution in [0, 0.1) is 11.8 Å². The number of nitrogens with two attached hydrogens (primary N) is 1. The Balaban J connectivity index is 2.20. The number of thioether (sulfide) groups is 1. The van der Waals surface area contributed by atoms with Crippen LogP contribution >= 0.6 is 11.8 Å². The third-order valence-electron chi connectivity index (χ3n) is 4.68. The SMILES string of the molecule is CC1(C(C)(O)C(F)(F)F)SC(C2CCC2CCN)=NC1=O. The zero-order valence-electron chi connectivity index (χ0n) is 11.9. The largest absolute Gasteiger partial charge is 0.418 e. The Hall–Kier alpha value is -0.600. The van der Waals surface area contributed by atoms with Crippen molar-refractivity contribution in [3.8, 4) is 0 Å². The molecule has 1 heterocycles. The molecular weight excluding hydrogens is 305 g/mol. The fourth-order valence-corrected chi connectivity index (χ4v) is 4.13. The van der Waals surface area contributed by atoms with Crippen molar-refractivity contribution in [2.75, 3.05) is 6.54 Å². The van der Waals surface area contributed by atoms with Gasteiger partial charge in [-0.05, 0) is 45.6 Å². The van der Waals surface area contributed by atoms with Gasteiger partial charge in [0.05, 0.1) is 5.04 Å². The Morgan fingerprint density at radius 2 is 2.10 bits per heavy atom. The molecule has 1 fully saturated rings. The van der Waals surface area contributed by atoms with Crippen molar-refractivity contribution >= 4 is 22.7 Å². The van der Waals surface area contributed by atoms with Crippen molar-refractivity contribution in [1.29, 1.82) is 0 Å². The van der Waals surface area contributed by atoms with Gasteiger partial charge in [-0.1, -0.05) is 11.8 Å². The monoisotopic (exact) mass is 324 g/mol. The molecule has 1 saturated carbocycles. The van der Waals surface area contributed by atoms with E-state index >= 15 is 0 Å². The molecule has 1 amide bonds. The van der Waals surface area contributed by atoms with Crippen molar-refractivity contribution in [3.63, 3.8) is 0 Å². The van der Waals surface area contributed by atoms with Gasteiger partial charge in [-0.2, -0.15) is 13.2 Å². The lowest BCUT2D eigenvalue weighted by Crippen LogP contribution is -2.60. The smallest absolute Gasteiger partial charge is 0.379 e. The predicted molar refractivity (Wildman–Crippen MR) is 75.0 cm³/mol. The Morgan fingerprint density at radius 3 is 2.52 bits per heavy atom. The molecule has 0 aromatic heterocycles. The molecule has 0 aromatic carbocycles. The van der Waals surface area contributed by atoms with E-state index in [1.54, 1.807) is 0 Å². The molecule has 3 N–H and O–H groups in total. The zero-order chi connectivity index (χ0) is 16.1. The molecule has 0 saturated heterocycles. The van der Waals surface area contributed by atoms with E-state index in [2.05, 4.69) is 4.99 Å². The summed E-state index contributed by atoms with van der Waals surface area (Å²) in [6, 6.07) is 0. The number of halogens is 3. The van der Waals surface area contributed by atoms with E-state index < -0.39 is 22.4 Å². The molecule has 0 radical (unpaired) electrons. The summed E-state index contributed by atoms with van der Waals surface area (Å²) >= 11 is 0.758. The van der Waals surface area contributed by atoms with E-state index in [4.69, 9.17) is 5.73 Å². The molecule has 8 heteroatoms. The lowest BCUT2D eigenvalue weighted by Gasteiger charge is -2.40. The number of nitrogens with zero attached hydrogens (tertiary/aromatic N) is 1. The van der Waals surface area contributed by atoms with Crippen LogP contribution in [0.5, 0.6) is 0 Å². The summed E-state index contributed by atoms with van der Waals surface area (Å²) in [5.41, 5.74) is 2.38. The predicted octanol–water partition coefficient (Wildman–Crippen LogP) is 2.11. The van der Waals surface area contributed by atoms with Gasteiger partial charge in [-0.15, -0.1) is 0 Å². The number of carbonyl (C=O) groups excluding carboxylic acids is 1. The molecule has 2 aliphatic rings. The second-order valence-electron chi connectivity index (χ2n) is 5.98. The maximum atomic E-state index is 13.0. The molecule has 0 bridgehead atoms. The first kappa shape index (κ1) is 16.8. The van der Waals surface area contributed by atoms with Crippen LogP contribution in [0.25, 0.3) is 0 Å². The van der Waals surface area contributed by atoms with Crippen LogP contribution in [-0.2, 0) is 4.79 Å². The first-order valence-corrected chi connectivity index (χ1v) is 7.67. The number of hydrogen-bond donors (Lipinski definition) is 2. The van der Waals surface area contributed by atoms with E-state index in [0.717, 1.165) is 37.9 Å². The van der Waals surface area contributed by atoms with Crippen LogP contribution < -0.4 is 5.73 Å². The first-order chi connectivity index (χ1) is 9.54. The summed E-state index contributed by atoms with van der Waals surface area (Å²) in [6.07, 6.45) is -2.38. The molecule has 4 atom stereocenters. The van der Waals surface area contributed by atoms with Crippen LogP contribution in [0.3, 0.4) is 0 Å². The maximum Gasteiger partial charge on any atom is 0.418 e. The molecule has 120 valence electrons. The van der Waals surface area contributed by atoms with Gasteiger partial charge >= 0.3 is 6.18 Å². The van der Waals surface area contributed by atoms with Gasteiger partial charge in [0.15, 0.2) is 5.60 Å². The van der Waals surface area contributed by atoms with Crippen LogP contribution in [0.1, 0.15) is 33.1 Å². The zero-order valence-corrected chi connectivity index (χ0v) is 12.7. The molecule has 1 aliphatic carbocycles. The second kappa shape index (κ2) is 5.24. The fraction of sp³-hybridized carbons (Fsp3) is 0.846. The normalized spacial score (nSPS) is 36.1. The Bertz CT molecular complexity index is 479. The van der Waals surface area contributed by atoms with Crippen LogP contribution in [0.4, 0.5) is 13.2 Å². The molecular formula is C13H19F3N2O2S. The molecule has 4 nitrogen and oxygen atoms in total. The summed E-state index contributed by atoms with van der Waals surface area (Å²) in [7, 11) is 0. The van der Waals surface area contributed by atoms with E-state index in [0.29, 0.717) is 18.5 Å². The molecule has 21 heavy (non-hydrogen) atoms. The third kappa shape index (κ3) is 2.51. The standard InChI is InChI=1S/C13H19F3N2O2S/c1-11(12(2,20)13(14,15)16)10(19)18-9(21-11)8-4-3-7(8)5-6-17/h7-8,20H,3-6,17H2,1-2H3. The van der Waals surface area contributed by atoms with E-state index in [-0.39, 0.29) is 11.8 Å². The minimum Gasteiger partial charge on any atom is -0.379 e. The minimum absolute atomic E-state index is 0.00615.